The summed E-state index contributed by atoms with van der Waals surface area (Å²) in [5.74, 6) is -0.177. The van der Waals surface area contributed by atoms with Crippen LogP contribution in [0.5, 0.6) is 0 Å². The van der Waals surface area contributed by atoms with Crippen LogP contribution in [0.15, 0.2) is 41.1 Å². The quantitative estimate of drug-likeness (QED) is 0.673. The first-order valence-corrected chi connectivity index (χ1v) is 6.98. The number of carboxylic acids is 1. The molecule has 0 aliphatic rings. The zero-order valence-corrected chi connectivity index (χ0v) is 10.9. The Labute approximate surface area is 112 Å². The van der Waals surface area contributed by atoms with Crippen LogP contribution in [0, 0.1) is 0 Å². The average Bonchev–Trinajstić information content (AvgIpc) is 2.82. The Bertz CT molecular complexity index is 552. The summed E-state index contributed by atoms with van der Waals surface area (Å²) in [5, 5.41) is 11.4. The second-order valence-corrected chi connectivity index (χ2v) is 5.30. The molecule has 92 valence electrons. The molecule has 0 spiro atoms. The predicted molar refractivity (Wildman–Crippen MR) is 72.6 cm³/mol. The maximum Gasteiger partial charge on any atom is 0.328 e. The molecule has 0 aromatic carbocycles. The maximum atomic E-state index is 10.5. The summed E-state index contributed by atoms with van der Waals surface area (Å²) >= 11 is 3.19. The minimum absolute atomic E-state index is 0.760. The molecule has 1 N–H and O–H groups in total. The van der Waals surface area contributed by atoms with Gasteiger partial charge in [-0.3, -0.25) is 4.98 Å². The number of carbonyl (C=O) groups is 1. The highest BCUT2D eigenvalue weighted by atomic mass is 32.2. The van der Waals surface area contributed by atoms with Gasteiger partial charge in [0.05, 0.1) is 6.20 Å². The van der Waals surface area contributed by atoms with Gasteiger partial charge in [0, 0.05) is 29.1 Å². The van der Waals surface area contributed by atoms with E-state index in [9.17, 15) is 4.79 Å². The first-order chi connectivity index (χ1) is 8.75. The molecule has 0 aliphatic carbocycles. The van der Waals surface area contributed by atoms with Crippen molar-refractivity contribution in [3.05, 3.63) is 46.6 Å². The third-order valence-electron chi connectivity index (χ3n) is 2.08. The summed E-state index contributed by atoms with van der Waals surface area (Å²) < 4.78 is 0. The van der Waals surface area contributed by atoms with E-state index in [0.29, 0.717) is 0 Å². The van der Waals surface area contributed by atoms with E-state index in [2.05, 4.69) is 9.97 Å². The Morgan fingerprint density at radius 3 is 3.11 bits per heavy atom. The van der Waals surface area contributed by atoms with Crippen molar-refractivity contribution in [3.8, 4) is 0 Å². The lowest BCUT2D eigenvalue weighted by Crippen LogP contribution is -1.87. The van der Waals surface area contributed by atoms with E-state index in [1.165, 1.54) is 0 Å². The largest absolute Gasteiger partial charge is 0.478 e. The molecule has 6 heteroatoms. The van der Waals surface area contributed by atoms with Gasteiger partial charge in [-0.15, -0.1) is 11.3 Å². The average molecular weight is 278 g/mol. The van der Waals surface area contributed by atoms with Crippen LogP contribution in [-0.2, 0) is 10.5 Å². The van der Waals surface area contributed by atoms with Crippen LogP contribution in [0.4, 0.5) is 0 Å². The number of thioether (sulfide) groups is 1. The van der Waals surface area contributed by atoms with Crippen LogP contribution >= 0.6 is 23.1 Å². The lowest BCUT2D eigenvalue weighted by atomic mass is 10.2. The van der Waals surface area contributed by atoms with Crippen LogP contribution in [0.25, 0.3) is 6.08 Å². The molecule has 0 radical (unpaired) electrons. The molecule has 2 rings (SSSR count). The topological polar surface area (TPSA) is 63.1 Å². The smallest absolute Gasteiger partial charge is 0.328 e. The van der Waals surface area contributed by atoms with E-state index in [4.69, 9.17) is 5.11 Å². The van der Waals surface area contributed by atoms with Gasteiger partial charge in [0.25, 0.3) is 0 Å². The molecule has 2 aromatic heterocycles. The van der Waals surface area contributed by atoms with Crippen molar-refractivity contribution in [2.45, 2.75) is 10.8 Å². The number of hydrogen-bond donors (Lipinski definition) is 1. The summed E-state index contributed by atoms with van der Waals surface area (Å²) in [6, 6.07) is 1.91. The first-order valence-electron chi connectivity index (χ1n) is 5.12. The second-order valence-electron chi connectivity index (χ2n) is 3.30. The number of rotatable bonds is 5. The SMILES string of the molecule is O=C(O)C=Cc1ccsc1CSc1cnccn1. The van der Waals surface area contributed by atoms with Gasteiger partial charge in [-0.05, 0) is 23.1 Å². The number of aromatic nitrogens is 2. The maximum absolute atomic E-state index is 10.5. The highest BCUT2D eigenvalue weighted by molar-refractivity contribution is 7.98. The van der Waals surface area contributed by atoms with Gasteiger partial charge in [-0.25, -0.2) is 9.78 Å². The normalized spacial score (nSPS) is 10.9. The molecule has 0 atom stereocenters. The van der Waals surface area contributed by atoms with E-state index in [1.54, 1.807) is 47.8 Å². The molecule has 0 fully saturated rings. The Kier molecular flexibility index (Phi) is 4.49. The number of aliphatic carboxylic acids is 1. The molecule has 18 heavy (non-hydrogen) atoms. The van der Waals surface area contributed by atoms with Gasteiger partial charge >= 0.3 is 5.97 Å². The van der Waals surface area contributed by atoms with Gasteiger partial charge in [0.15, 0.2) is 0 Å². The molecule has 0 aliphatic heterocycles. The summed E-state index contributed by atoms with van der Waals surface area (Å²) in [6.07, 6.45) is 7.77. The molecule has 0 saturated carbocycles. The number of nitrogens with zero attached hydrogens (tertiary/aromatic N) is 2. The van der Waals surface area contributed by atoms with Crippen LogP contribution < -0.4 is 0 Å². The monoisotopic (exact) mass is 278 g/mol. The zero-order chi connectivity index (χ0) is 12.8. The van der Waals surface area contributed by atoms with Gasteiger partial charge < -0.3 is 5.11 Å². The summed E-state index contributed by atoms with van der Waals surface area (Å²) in [6.45, 7) is 0. The fraction of sp³-hybridized carbons (Fsp3) is 0.0833. The van der Waals surface area contributed by atoms with Crippen molar-refractivity contribution < 1.29 is 9.90 Å². The summed E-state index contributed by atoms with van der Waals surface area (Å²) in [7, 11) is 0. The van der Waals surface area contributed by atoms with Crippen LogP contribution in [0.2, 0.25) is 0 Å². The van der Waals surface area contributed by atoms with E-state index in [-0.39, 0.29) is 0 Å². The molecular weight excluding hydrogens is 268 g/mol. The fourth-order valence-corrected chi connectivity index (χ4v) is 3.09. The Balaban J connectivity index is 2.02. The third-order valence-corrected chi connectivity index (χ3v) is 4.14. The van der Waals surface area contributed by atoms with Crippen molar-refractivity contribution >= 4 is 35.1 Å². The van der Waals surface area contributed by atoms with Crippen LogP contribution in [0.1, 0.15) is 10.4 Å². The van der Waals surface area contributed by atoms with Gasteiger partial charge in [-0.1, -0.05) is 11.8 Å². The van der Waals surface area contributed by atoms with Crippen LogP contribution in [-0.4, -0.2) is 21.0 Å². The Morgan fingerprint density at radius 2 is 2.39 bits per heavy atom. The summed E-state index contributed by atoms with van der Waals surface area (Å²) in [4.78, 5) is 19.8. The predicted octanol–water partition coefficient (Wildman–Crippen LogP) is 2.93. The number of hydrogen-bond acceptors (Lipinski definition) is 5. The highest BCUT2D eigenvalue weighted by Crippen LogP contribution is 2.26. The van der Waals surface area contributed by atoms with E-state index < -0.39 is 5.97 Å². The standard InChI is InChI=1S/C12H10N2O2S2/c15-12(16)2-1-9-3-6-17-10(9)8-18-11-7-13-4-5-14-11/h1-7H,8H2,(H,15,16). The van der Waals surface area contributed by atoms with Crippen LogP contribution in [0.3, 0.4) is 0 Å². The Hall–Kier alpha value is -1.66. The molecule has 2 aromatic rings. The molecule has 2 heterocycles. The minimum Gasteiger partial charge on any atom is -0.478 e. The van der Waals surface area contributed by atoms with Crippen molar-refractivity contribution in [1.82, 2.24) is 9.97 Å². The number of carboxylic acid groups (broad SMARTS) is 1. The van der Waals surface area contributed by atoms with E-state index in [0.717, 1.165) is 27.3 Å². The van der Waals surface area contributed by atoms with E-state index >= 15 is 0 Å². The van der Waals surface area contributed by atoms with Crippen molar-refractivity contribution in [1.29, 1.82) is 0 Å². The van der Waals surface area contributed by atoms with Gasteiger partial charge in [0.2, 0.25) is 0 Å². The molecular formula is C12H10N2O2S2. The first kappa shape index (κ1) is 12.8. The lowest BCUT2D eigenvalue weighted by molar-refractivity contribution is -0.131. The van der Waals surface area contributed by atoms with Crippen molar-refractivity contribution in [2.24, 2.45) is 0 Å². The molecule has 4 nitrogen and oxygen atoms in total. The molecule has 0 unspecified atom stereocenters. The molecule has 0 saturated heterocycles. The second kappa shape index (κ2) is 6.32. The Morgan fingerprint density at radius 1 is 1.50 bits per heavy atom. The number of thiophene rings is 1. The lowest BCUT2D eigenvalue weighted by Gasteiger charge is -1.99. The van der Waals surface area contributed by atoms with E-state index in [1.807, 2.05) is 11.4 Å². The van der Waals surface area contributed by atoms with Crippen molar-refractivity contribution in [2.75, 3.05) is 0 Å². The summed E-state index contributed by atoms with van der Waals surface area (Å²) in [5.41, 5.74) is 0.943. The molecule has 0 amide bonds. The minimum atomic E-state index is -0.936. The van der Waals surface area contributed by atoms with Gasteiger partial charge in [0.1, 0.15) is 5.03 Å². The highest BCUT2D eigenvalue weighted by Gasteiger charge is 2.04. The van der Waals surface area contributed by atoms with Gasteiger partial charge in [-0.2, -0.15) is 0 Å². The van der Waals surface area contributed by atoms with Crippen molar-refractivity contribution in [3.63, 3.8) is 0 Å². The zero-order valence-electron chi connectivity index (χ0n) is 9.31. The third kappa shape index (κ3) is 3.68. The molecule has 0 bridgehead atoms. The fourth-order valence-electron chi connectivity index (χ4n) is 1.28.